The van der Waals surface area contributed by atoms with Crippen LogP contribution in [0.15, 0.2) is 30.6 Å². The summed E-state index contributed by atoms with van der Waals surface area (Å²) < 4.78 is 0. The summed E-state index contributed by atoms with van der Waals surface area (Å²) in [4.78, 5) is 20.7. The lowest BCUT2D eigenvalue weighted by molar-refractivity contribution is 0.0921. The fourth-order valence-corrected chi connectivity index (χ4v) is 2.64. The molecular formula is C15H14N4O. The lowest BCUT2D eigenvalue weighted by Crippen LogP contribution is -2.45. The smallest absolute Gasteiger partial charge is 0.252 e. The van der Waals surface area contributed by atoms with Gasteiger partial charge in [0.05, 0.1) is 17.1 Å². The summed E-state index contributed by atoms with van der Waals surface area (Å²) in [5, 5.41) is 12.2. The van der Waals surface area contributed by atoms with Gasteiger partial charge >= 0.3 is 0 Å². The first-order valence-corrected chi connectivity index (χ1v) is 6.67. The molecule has 0 saturated heterocycles. The van der Waals surface area contributed by atoms with E-state index in [9.17, 15) is 10.1 Å². The van der Waals surface area contributed by atoms with E-state index in [-0.39, 0.29) is 5.91 Å². The van der Waals surface area contributed by atoms with Crippen LogP contribution in [0.2, 0.25) is 0 Å². The third-order valence-corrected chi connectivity index (χ3v) is 3.76. The minimum absolute atomic E-state index is 0.221. The van der Waals surface area contributed by atoms with Crippen LogP contribution in [0.3, 0.4) is 0 Å². The highest BCUT2D eigenvalue weighted by Gasteiger charge is 2.35. The second kappa shape index (κ2) is 4.89. The van der Waals surface area contributed by atoms with Crippen molar-refractivity contribution >= 4 is 16.9 Å². The molecule has 0 aliphatic heterocycles. The van der Waals surface area contributed by atoms with E-state index in [1.54, 1.807) is 30.6 Å². The van der Waals surface area contributed by atoms with E-state index < -0.39 is 5.54 Å². The Morgan fingerprint density at radius 2 is 1.90 bits per heavy atom. The Labute approximate surface area is 116 Å². The monoisotopic (exact) mass is 266 g/mol. The van der Waals surface area contributed by atoms with Crippen LogP contribution in [0.25, 0.3) is 11.0 Å². The normalized spacial score (nSPS) is 16.8. The third kappa shape index (κ3) is 2.21. The van der Waals surface area contributed by atoms with E-state index in [0.29, 0.717) is 11.1 Å². The average molecular weight is 266 g/mol. The van der Waals surface area contributed by atoms with Gasteiger partial charge < -0.3 is 5.32 Å². The summed E-state index contributed by atoms with van der Waals surface area (Å²) in [6, 6.07) is 7.44. The largest absolute Gasteiger partial charge is 0.334 e. The number of carbonyl (C=O) groups is 1. The first-order chi connectivity index (χ1) is 9.72. The van der Waals surface area contributed by atoms with Gasteiger partial charge in [-0.05, 0) is 43.9 Å². The van der Waals surface area contributed by atoms with Crippen LogP contribution in [-0.4, -0.2) is 21.4 Å². The van der Waals surface area contributed by atoms with Crippen LogP contribution in [-0.2, 0) is 0 Å². The predicted octanol–water partition coefficient (Wildman–Crippen LogP) is 2.20. The van der Waals surface area contributed by atoms with E-state index in [2.05, 4.69) is 21.4 Å². The van der Waals surface area contributed by atoms with Crippen LogP contribution >= 0.6 is 0 Å². The molecule has 1 aromatic heterocycles. The number of nitrogens with zero attached hydrogens (tertiary/aromatic N) is 3. The summed E-state index contributed by atoms with van der Waals surface area (Å²) in [5.74, 6) is -0.221. The Kier molecular flexibility index (Phi) is 3.07. The fourth-order valence-electron chi connectivity index (χ4n) is 2.64. The van der Waals surface area contributed by atoms with Gasteiger partial charge in [-0.15, -0.1) is 0 Å². The molecule has 20 heavy (non-hydrogen) atoms. The Bertz CT molecular complexity index is 698. The van der Waals surface area contributed by atoms with Crippen molar-refractivity contribution in [3.63, 3.8) is 0 Å². The van der Waals surface area contributed by atoms with Crippen LogP contribution in [0.4, 0.5) is 0 Å². The van der Waals surface area contributed by atoms with Gasteiger partial charge in [-0.3, -0.25) is 14.8 Å². The van der Waals surface area contributed by atoms with Crippen molar-refractivity contribution in [2.45, 2.75) is 31.2 Å². The van der Waals surface area contributed by atoms with Gasteiger partial charge in [-0.1, -0.05) is 0 Å². The highest BCUT2D eigenvalue weighted by atomic mass is 16.1. The predicted molar refractivity (Wildman–Crippen MR) is 73.8 cm³/mol. The number of amides is 1. The standard InChI is InChI=1S/C15H14N4O/c16-10-15(5-1-2-6-15)19-14(20)11-3-4-12-13(9-11)18-8-7-17-12/h3-4,7-9H,1-2,5-6H2,(H,19,20). The molecule has 1 aliphatic carbocycles. The molecule has 1 heterocycles. The zero-order valence-electron chi connectivity index (χ0n) is 11.0. The molecule has 0 radical (unpaired) electrons. The molecule has 5 heteroatoms. The molecule has 5 nitrogen and oxygen atoms in total. The van der Waals surface area contributed by atoms with Crippen LogP contribution in [0, 0.1) is 11.3 Å². The van der Waals surface area contributed by atoms with Crippen molar-refractivity contribution in [2.24, 2.45) is 0 Å². The number of aromatic nitrogens is 2. The zero-order valence-corrected chi connectivity index (χ0v) is 11.0. The lowest BCUT2D eigenvalue weighted by atomic mass is 9.99. The van der Waals surface area contributed by atoms with E-state index in [1.807, 2.05) is 0 Å². The topological polar surface area (TPSA) is 78.7 Å². The second-order valence-electron chi connectivity index (χ2n) is 5.11. The van der Waals surface area contributed by atoms with Crippen molar-refractivity contribution in [3.05, 3.63) is 36.2 Å². The molecule has 1 N–H and O–H groups in total. The minimum atomic E-state index is -0.700. The van der Waals surface area contributed by atoms with Gasteiger partial charge in [0.2, 0.25) is 0 Å². The van der Waals surface area contributed by atoms with Gasteiger partial charge in [0, 0.05) is 18.0 Å². The number of nitriles is 1. The number of nitrogens with one attached hydrogen (secondary N) is 1. The van der Waals surface area contributed by atoms with Crippen molar-refractivity contribution < 1.29 is 4.79 Å². The maximum absolute atomic E-state index is 12.3. The van der Waals surface area contributed by atoms with Crippen LogP contribution in [0.1, 0.15) is 36.0 Å². The summed E-state index contributed by atoms with van der Waals surface area (Å²) in [7, 11) is 0. The summed E-state index contributed by atoms with van der Waals surface area (Å²) in [6.45, 7) is 0. The van der Waals surface area contributed by atoms with Gasteiger partial charge in [-0.2, -0.15) is 5.26 Å². The molecule has 0 spiro atoms. The minimum Gasteiger partial charge on any atom is -0.334 e. The number of rotatable bonds is 2. The third-order valence-electron chi connectivity index (χ3n) is 3.76. The Morgan fingerprint density at radius 3 is 2.60 bits per heavy atom. The molecule has 3 rings (SSSR count). The SMILES string of the molecule is N#CC1(NC(=O)c2ccc3nccnc3c2)CCCC1. The van der Waals surface area contributed by atoms with Crippen LogP contribution < -0.4 is 5.32 Å². The van der Waals surface area contributed by atoms with Crippen molar-refractivity contribution in [2.75, 3.05) is 0 Å². The first kappa shape index (κ1) is 12.5. The number of fused-ring (bicyclic) bond motifs is 1. The lowest BCUT2D eigenvalue weighted by Gasteiger charge is -2.21. The quantitative estimate of drug-likeness (QED) is 0.903. The molecule has 0 unspecified atom stereocenters. The molecule has 1 aromatic carbocycles. The van der Waals surface area contributed by atoms with E-state index in [1.165, 1.54) is 0 Å². The maximum Gasteiger partial charge on any atom is 0.252 e. The van der Waals surface area contributed by atoms with Gasteiger partial charge in [0.15, 0.2) is 0 Å². The summed E-state index contributed by atoms with van der Waals surface area (Å²) in [6.07, 6.45) is 6.63. The van der Waals surface area contributed by atoms with Crippen molar-refractivity contribution in [3.8, 4) is 6.07 Å². The second-order valence-corrected chi connectivity index (χ2v) is 5.11. The maximum atomic E-state index is 12.3. The Hall–Kier alpha value is -2.48. The average Bonchev–Trinajstić information content (AvgIpc) is 2.96. The molecule has 0 atom stereocenters. The highest BCUT2D eigenvalue weighted by Crippen LogP contribution is 2.29. The Morgan fingerprint density at radius 1 is 1.20 bits per heavy atom. The van der Waals surface area contributed by atoms with Gasteiger partial charge in [-0.25, -0.2) is 0 Å². The zero-order chi connectivity index (χ0) is 14.0. The number of hydrogen-bond donors (Lipinski definition) is 1. The van der Waals surface area contributed by atoms with Crippen molar-refractivity contribution in [1.82, 2.24) is 15.3 Å². The Balaban J connectivity index is 1.87. The number of carbonyl (C=O) groups excluding carboxylic acids is 1. The fraction of sp³-hybridized carbons (Fsp3) is 0.333. The first-order valence-electron chi connectivity index (χ1n) is 6.67. The van der Waals surface area contributed by atoms with E-state index in [4.69, 9.17) is 0 Å². The molecule has 1 amide bonds. The van der Waals surface area contributed by atoms with E-state index in [0.717, 1.165) is 31.2 Å². The molecule has 2 aromatic rings. The van der Waals surface area contributed by atoms with Gasteiger partial charge in [0.1, 0.15) is 5.54 Å². The highest BCUT2D eigenvalue weighted by molar-refractivity contribution is 5.97. The number of benzene rings is 1. The molecule has 1 fully saturated rings. The number of hydrogen-bond acceptors (Lipinski definition) is 4. The molecule has 100 valence electrons. The molecular weight excluding hydrogens is 252 g/mol. The molecule has 1 aliphatic rings. The summed E-state index contributed by atoms with van der Waals surface area (Å²) in [5.41, 5.74) is 1.24. The molecule has 1 saturated carbocycles. The van der Waals surface area contributed by atoms with Crippen LogP contribution in [0.5, 0.6) is 0 Å². The summed E-state index contributed by atoms with van der Waals surface area (Å²) >= 11 is 0. The van der Waals surface area contributed by atoms with E-state index >= 15 is 0 Å². The van der Waals surface area contributed by atoms with Gasteiger partial charge in [0.25, 0.3) is 5.91 Å². The van der Waals surface area contributed by atoms with Crippen molar-refractivity contribution in [1.29, 1.82) is 5.26 Å². The molecule has 0 bridgehead atoms.